The molecule has 4 aromatic rings. The van der Waals surface area contributed by atoms with Gasteiger partial charge in [-0.05, 0) is 49.9 Å². The van der Waals surface area contributed by atoms with Crippen molar-refractivity contribution in [1.29, 1.82) is 0 Å². The number of amides is 1. The molecule has 0 atom stereocenters. The second-order valence-electron chi connectivity index (χ2n) is 9.93. The number of para-hydroxylation sites is 2. The zero-order valence-electron chi connectivity index (χ0n) is 23.4. The number of pyridine rings is 1. The minimum atomic E-state index is -0.781. The molecule has 1 aromatic heterocycles. The quantitative estimate of drug-likeness (QED) is 0.123. The number of carboxylic acid groups (broad SMARTS) is 2. The van der Waals surface area contributed by atoms with Gasteiger partial charge < -0.3 is 20.8 Å². The minimum Gasteiger partial charge on any atom is -0.481 e. The molecule has 3 aromatic carbocycles. The van der Waals surface area contributed by atoms with Crippen molar-refractivity contribution in [2.24, 2.45) is 5.73 Å². The van der Waals surface area contributed by atoms with E-state index in [0.29, 0.717) is 31.6 Å². The number of aliphatic carboxylic acids is 2. The fourth-order valence-corrected chi connectivity index (χ4v) is 4.64. The lowest BCUT2D eigenvalue weighted by Gasteiger charge is -2.24. The number of carbonyl (C=O) groups is 3. The lowest BCUT2D eigenvalue weighted by Crippen LogP contribution is -2.32. The Morgan fingerprint density at radius 1 is 0.659 bits per heavy atom. The molecule has 0 aliphatic carbocycles. The fourth-order valence-electron chi connectivity index (χ4n) is 4.64. The smallest absolute Gasteiger partial charge is 0.303 e. The highest BCUT2D eigenvalue weighted by Crippen LogP contribution is 2.28. The Balaban J connectivity index is 0.000000445. The van der Waals surface area contributed by atoms with E-state index < -0.39 is 11.9 Å². The van der Waals surface area contributed by atoms with Crippen LogP contribution in [0, 0.1) is 0 Å². The number of unbranched alkanes of at least 4 members (excludes halogenated alkanes) is 4. The first kappa shape index (κ1) is 31.2. The molecule has 0 fully saturated rings. The van der Waals surface area contributed by atoms with Crippen molar-refractivity contribution in [3.63, 3.8) is 0 Å². The van der Waals surface area contributed by atoms with Gasteiger partial charge in [0.15, 0.2) is 0 Å². The zero-order valence-corrected chi connectivity index (χ0v) is 23.4. The standard InChI is InChI=1S/C27H26N2O3.C6H13NO2/c30-25(31)17-5-2-10-18-29(19-20-11-3-1-4-12-20)27(32)26-21-13-6-8-15-23(21)28-24-16-9-7-14-22(24)26;7-5-3-1-2-4-6(8)9/h1,3-4,6-9,11-16H,2,5,10,17-19H2,(H,30,31);1-5,7H2,(H,8,9). The summed E-state index contributed by atoms with van der Waals surface area (Å²) in [5, 5.41) is 18.8. The van der Waals surface area contributed by atoms with Crippen LogP contribution in [0.2, 0.25) is 0 Å². The molecule has 8 nitrogen and oxygen atoms in total. The van der Waals surface area contributed by atoms with Crippen LogP contribution in [0.4, 0.5) is 0 Å². The van der Waals surface area contributed by atoms with Crippen LogP contribution in [0.5, 0.6) is 0 Å². The number of aromatic nitrogens is 1. The van der Waals surface area contributed by atoms with Gasteiger partial charge in [-0.15, -0.1) is 0 Å². The van der Waals surface area contributed by atoms with Crippen molar-refractivity contribution in [1.82, 2.24) is 9.88 Å². The van der Waals surface area contributed by atoms with E-state index in [2.05, 4.69) is 0 Å². The minimum absolute atomic E-state index is 0.0260. The Morgan fingerprint density at radius 2 is 1.17 bits per heavy atom. The van der Waals surface area contributed by atoms with Crippen LogP contribution in [0.3, 0.4) is 0 Å². The van der Waals surface area contributed by atoms with E-state index in [0.717, 1.165) is 59.5 Å². The van der Waals surface area contributed by atoms with Crippen molar-refractivity contribution in [2.75, 3.05) is 13.1 Å². The fraction of sp³-hybridized carbons (Fsp3) is 0.333. The molecular formula is C33H39N3O5. The van der Waals surface area contributed by atoms with Crippen LogP contribution < -0.4 is 5.73 Å². The van der Waals surface area contributed by atoms with Crippen LogP contribution in [0.25, 0.3) is 21.8 Å². The van der Waals surface area contributed by atoms with E-state index >= 15 is 0 Å². The van der Waals surface area contributed by atoms with E-state index in [9.17, 15) is 14.4 Å². The van der Waals surface area contributed by atoms with Crippen molar-refractivity contribution < 1.29 is 24.6 Å². The Bertz CT molecular complexity index is 1370. The largest absolute Gasteiger partial charge is 0.481 e. The number of carboxylic acids is 2. The third-order valence-corrected chi connectivity index (χ3v) is 6.72. The maximum atomic E-state index is 14.0. The van der Waals surface area contributed by atoms with Crippen LogP contribution in [0.1, 0.15) is 67.3 Å². The van der Waals surface area contributed by atoms with Crippen LogP contribution in [0.15, 0.2) is 78.9 Å². The molecule has 216 valence electrons. The lowest BCUT2D eigenvalue weighted by atomic mass is 10.0. The summed E-state index contributed by atoms with van der Waals surface area (Å²) in [7, 11) is 0. The van der Waals surface area contributed by atoms with Gasteiger partial charge in [0.05, 0.1) is 16.6 Å². The van der Waals surface area contributed by atoms with Crippen LogP contribution in [-0.4, -0.2) is 51.0 Å². The Morgan fingerprint density at radius 3 is 1.71 bits per heavy atom. The summed E-state index contributed by atoms with van der Waals surface area (Å²) in [5.41, 5.74) is 8.54. The average Bonchev–Trinajstić information content (AvgIpc) is 2.97. The van der Waals surface area contributed by atoms with Gasteiger partial charge >= 0.3 is 11.9 Å². The first-order chi connectivity index (χ1) is 19.9. The molecule has 1 heterocycles. The summed E-state index contributed by atoms with van der Waals surface area (Å²) < 4.78 is 0. The van der Waals surface area contributed by atoms with Gasteiger partial charge in [-0.1, -0.05) is 79.6 Å². The van der Waals surface area contributed by atoms with Crippen molar-refractivity contribution in [3.8, 4) is 0 Å². The number of fused-ring (bicyclic) bond motifs is 2. The number of carbonyl (C=O) groups excluding carboxylic acids is 1. The molecule has 4 N–H and O–H groups in total. The maximum absolute atomic E-state index is 14.0. The summed E-state index contributed by atoms with van der Waals surface area (Å²) in [6.07, 6.45) is 5.20. The molecule has 0 saturated heterocycles. The number of hydrogen-bond acceptors (Lipinski definition) is 5. The molecule has 0 bridgehead atoms. The van der Waals surface area contributed by atoms with Crippen molar-refractivity contribution in [2.45, 2.75) is 57.9 Å². The average molecular weight is 558 g/mol. The molecule has 0 unspecified atom stereocenters. The van der Waals surface area contributed by atoms with E-state index in [4.69, 9.17) is 20.9 Å². The van der Waals surface area contributed by atoms with Crippen molar-refractivity contribution in [3.05, 3.63) is 90.0 Å². The molecule has 0 saturated carbocycles. The summed E-state index contributed by atoms with van der Waals surface area (Å²) in [5.74, 6) is -1.52. The SMILES string of the molecule is NCCCCCC(=O)O.O=C(O)CCCCCN(Cc1ccccc1)C(=O)c1c2ccccc2nc2ccccc12. The molecule has 4 rings (SSSR count). The first-order valence-corrected chi connectivity index (χ1v) is 14.1. The molecule has 1 amide bonds. The van der Waals surface area contributed by atoms with E-state index in [-0.39, 0.29) is 18.7 Å². The molecule has 41 heavy (non-hydrogen) atoms. The zero-order chi connectivity index (χ0) is 29.5. The Hall–Kier alpha value is -4.30. The van der Waals surface area contributed by atoms with Gasteiger partial charge in [0.2, 0.25) is 0 Å². The lowest BCUT2D eigenvalue weighted by molar-refractivity contribution is -0.138. The normalized spacial score (nSPS) is 10.7. The number of nitrogens with zero attached hydrogens (tertiary/aromatic N) is 2. The first-order valence-electron chi connectivity index (χ1n) is 14.1. The van der Waals surface area contributed by atoms with Crippen LogP contribution >= 0.6 is 0 Å². The topological polar surface area (TPSA) is 134 Å². The highest BCUT2D eigenvalue weighted by Gasteiger charge is 2.22. The summed E-state index contributed by atoms with van der Waals surface area (Å²) in [6.45, 7) is 1.74. The van der Waals surface area contributed by atoms with E-state index in [1.165, 1.54) is 0 Å². The monoisotopic (exact) mass is 557 g/mol. The maximum Gasteiger partial charge on any atom is 0.303 e. The van der Waals surface area contributed by atoms with Gasteiger partial charge in [0.25, 0.3) is 5.91 Å². The van der Waals surface area contributed by atoms with Crippen LogP contribution in [-0.2, 0) is 16.1 Å². The highest BCUT2D eigenvalue weighted by atomic mass is 16.4. The second kappa shape index (κ2) is 16.7. The number of hydrogen-bond donors (Lipinski definition) is 3. The Kier molecular flexibility index (Phi) is 12.7. The third-order valence-electron chi connectivity index (χ3n) is 6.72. The van der Waals surface area contributed by atoms with Gasteiger partial charge in [-0.3, -0.25) is 14.4 Å². The summed E-state index contributed by atoms with van der Waals surface area (Å²) >= 11 is 0. The van der Waals surface area contributed by atoms with Crippen molar-refractivity contribution >= 4 is 39.7 Å². The summed E-state index contributed by atoms with van der Waals surface area (Å²) in [6, 6.07) is 25.5. The molecule has 0 aliphatic heterocycles. The molecule has 0 spiro atoms. The Labute approximate surface area is 240 Å². The molecule has 0 aliphatic rings. The van der Waals surface area contributed by atoms with Gasteiger partial charge in [0, 0.05) is 36.7 Å². The van der Waals surface area contributed by atoms with Gasteiger partial charge in [0.1, 0.15) is 0 Å². The molecule has 8 heteroatoms. The van der Waals surface area contributed by atoms with Gasteiger partial charge in [-0.25, -0.2) is 4.98 Å². The number of nitrogens with two attached hydrogens (primary N) is 1. The predicted octanol–water partition coefficient (Wildman–Crippen LogP) is 6.27. The molecule has 0 radical (unpaired) electrons. The van der Waals surface area contributed by atoms with Gasteiger partial charge in [-0.2, -0.15) is 0 Å². The predicted molar refractivity (Wildman–Crippen MR) is 162 cm³/mol. The highest BCUT2D eigenvalue weighted by molar-refractivity contribution is 6.16. The number of rotatable bonds is 14. The second-order valence-corrected chi connectivity index (χ2v) is 9.93. The third kappa shape index (κ3) is 9.99. The number of benzene rings is 3. The van der Waals surface area contributed by atoms with E-state index in [1.54, 1.807) is 0 Å². The molecular weight excluding hydrogens is 518 g/mol. The summed E-state index contributed by atoms with van der Waals surface area (Å²) in [4.78, 5) is 41.3. The van der Waals surface area contributed by atoms with E-state index in [1.807, 2.05) is 83.8 Å².